The van der Waals surface area contributed by atoms with Crippen molar-refractivity contribution in [1.29, 1.82) is 0 Å². The Morgan fingerprint density at radius 2 is 1.58 bits per heavy atom. The van der Waals surface area contributed by atoms with Gasteiger partial charge in [0.15, 0.2) is 5.82 Å². The minimum absolute atomic E-state index is 0.0489. The van der Waals surface area contributed by atoms with Crippen LogP contribution in [0.25, 0.3) is 5.00 Å². The monoisotopic (exact) mass is 942 g/mol. The number of hydrazine groups is 1. The summed E-state index contributed by atoms with van der Waals surface area (Å²) in [5.41, 5.74) is 7.59. The van der Waals surface area contributed by atoms with Crippen molar-refractivity contribution in [3.8, 4) is 5.00 Å². The van der Waals surface area contributed by atoms with Crippen LogP contribution in [0.1, 0.15) is 85.7 Å². The fraction of sp³-hybridized carbons (Fsp3) is 0.444. The van der Waals surface area contributed by atoms with Crippen LogP contribution in [0.3, 0.4) is 0 Å². The third-order valence-corrected chi connectivity index (χ3v) is 13.3. The van der Waals surface area contributed by atoms with E-state index in [1.54, 1.807) is 34.4 Å². The summed E-state index contributed by atoms with van der Waals surface area (Å²) in [6, 6.07) is 10.9. The Kier molecular flexibility index (Phi) is 14.6. The van der Waals surface area contributed by atoms with Crippen molar-refractivity contribution in [3.63, 3.8) is 0 Å². The van der Waals surface area contributed by atoms with Gasteiger partial charge in [-0.2, -0.15) is 0 Å². The highest BCUT2D eigenvalue weighted by molar-refractivity contribution is 7.15. The van der Waals surface area contributed by atoms with Crippen molar-refractivity contribution >= 4 is 69.8 Å². The number of nitrogens with one attached hydrogen (secondary N) is 3. The summed E-state index contributed by atoms with van der Waals surface area (Å²) in [5, 5.41) is 17.7. The first-order valence-corrected chi connectivity index (χ1v) is 23.1. The predicted molar refractivity (Wildman–Crippen MR) is 243 cm³/mol. The lowest BCUT2D eigenvalue weighted by Gasteiger charge is -2.35. The number of rotatable bonds is 18. The third kappa shape index (κ3) is 10.1. The van der Waals surface area contributed by atoms with E-state index in [2.05, 4.69) is 40.1 Å². The number of piperidine rings is 1. The van der Waals surface area contributed by atoms with E-state index in [0.717, 1.165) is 38.1 Å². The first-order chi connectivity index (χ1) is 31.9. The lowest BCUT2D eigenvalue weighted by Crippen LogP contribution is -2.55. The van der Waals surface area contributed by atoms with Crippen LogP contribution in [0.4, 0.5) is 5.69 Å². The fourth-order valence-corrected chi connectivity index (χ4v) is 9.69. The Hall–Kier alpha value is -5.90. The maximum Gasteiger partial charge on any atom is 0.264 e. The highest BCUT2D eigenvalue weighted by atomic mass is 35.5. The number of hydrogen-bond acceptors (Lipinski definition) is 15. The SMILES string of the molecule is Cc1sc2c(c1C)C(c1ccc(Cl)cc1)=NC(CC(=O)N1CCN(NC(=O)CCOCCOCCOCCNc3cccc4c3C(=O)N(C3CCC(=O)NC3=O)C4=O)CC1)c1nnc(C)n1-2. The van der Waals surface area contributed by atoms with Crippen LogP contribution in [0.5, 0.6) is 0 Å². The number of aromatic nitrogens is 3. The lowest BCUT2D eigenvalue weighted by atomic mass is 9.99. The van der Waals surface area contributed by atoms with E-state index in [1.807, 2.05) is 40.8 Å². The normalized spacial score (nSPS) is 18.4. The van der Waals surface area contributed by atoms with Crippen molar-refractivity contribution in [2.24, 2.45) is 4.99 Å². The van der Waals surface area contributed by atoms with Crippen LogP contribution in [0.2, 0.25) is 5.02 Å². The molecule has 0 radical (unpaired) electrons. The number of halogens is 1. The van der Waals surface area contributed by atoms with Gasteiger partial charge in [-0.15, -0.1) is 21.5 Å². The Morgan fingerprint density at radius 3 is 2.30 bits per heavy atom. The second kappa shape index (κ2) is 20.7. The molecule has 8 rings (SSSR count). The zero-order valence-corrected chi connectivity index (χ0v) is 38.5. The van der Waals surface area contributed by atoms with Crippen LogP contribution in [0.15, 0.2) is 47.5 Å². The van der Waals surface area contributed by atoms with E-state index >= 15 is 0 Å². The summed E-state index contributed by atoms with van der Waals surface area (Å²) in [7, 11) is 0. The number of hydrogen-bond donors (Lipinski definition) is 3. The van der Waals surface area contributed by atoms with Crippen LogP contribution in [-0.4, -0.2) is 149 Å². The van der Waals surface area contributed by atoms with Gasteiger partial charge in [0.05, 0.1) is 69.3 Å². The number of carbonyl (C=O) groups excluding carboxylic acids is 6. The summed E-state index contributed by atoms with van der Waals surface area (Å²) in [6.07, 6.45) is 0.409. The summed E-state index contributed by atoms with van der Waals surface area (Å²) in [6.45, 7) is 10.0. The number of nitrogens with zero attached hydrogens (tertiary/aromatic N) is 7. The number of carbonyl (C=O) groups is 6. The van der Waals surface area contributed by atoms with E-state index < -0.39 is 35.7 Å². The number of aryl methyl sites for hydroxylation is 2. The number of thiophene rings is 1. The molecule has 6 heterocycles. The van der Waals surface area contributed by atoms with Gasteiger partial charge in [0.25, 0.3) is 11.8 Å². The van der Waals surface area contributed by atoms with Crippen LogP contribution in [-0.2, 0) is 33.4 Å². The van der Waals surface area contributed by atoms with Gasteiger partial charge in [-0.1, -0.05) is 29.8 Å². The fourth-order valence-electron chi connectivity index (χ4n) is 8.35. The van der Waals surface area contributed by atoms with Gasteiger partial charge < -0.3 is 24.4 Å². The average molecular weight is 943 g/mol. The van der Waals surface area contributed by atoms with Crippen LogP contribution >= 0.6 is 22.9 Å². The zero-order chi connectivity index (χ0) is 46.5. The van der Waals surface area contributed by atoms with Crippen molar-refractivity contribution in [2.75, 3.05) is 77.7 Å². The van der Waals surface area contributed by atoms with Crippen molar-refractivity contribution in [3.05, 3.63) is 91.8 Å². The zero-order valence-electron chi connectivity index (χ0n) is 36.9. The second-order valence-corrected chi connectivity index (χ2v) is 17.8. The summed E-state index contributed by atoms with van der Waals surface area (Å²) < 4.78 is 18.8. The molecule has 348 valence electrons. The average Bonchev–Trinajstić information content (AvgIpc) is 3.88. The van der Waals surface area contributed by atoms with Gasteiger partial charge in [-0.3, -0.25) is 54.0 Å². The molecule has 2 saturated heterocycles. The maximum atomic E-state index is 13.8. The number of benzene rings is 2. The molecule has 0 aliphatic carbocycles. The van der Waals surface area contributed by atoms with E-state index in [1.165, 1.54) is 4.88 Å². The van der Waals surface area contributed by atoms with E-state index in [0.29, 0.717) is 82.3 Å². The standard InChI is InChI=1S/C45H51ClN10O9S/c1-26-27(2)66-45-38(26)40(29-7-9-30(46)10-8-29)48-33(41-51-50-28(3)55(41)45)25-37(59)53-15-17-54(18-16-53)52-36(58)13-19-63-21-23-65-24-22-64-20-14-47-32-6-4-5-31-39(32)44(62)56(43(31)61)34-11-12-35(57)49-42(34)60/h4-10,33-34,47H,11-25H2,1-3H3,(H,52,58)(H,49,57,60). The van der Waals surface area contributed by atoms with Gasteiger partial charge >= 0.3 is 0 Å². The van der Waals surface area contributed by atoms with E-state index in [4.69, 9.17) is 30.8 Å². The van der Waals surface area contributed by atoms with Crippen molar-refractivity contribution in [2.45, 2.75) is 58.5 Å². The summed E-state index contributed by atoms with van der Waals surface area (Å²) >= 11 is 7.91. The van der Waals surface area contributed by atoms with Gasteiger partial charge in [-0.05, 0) is 57.0 Å². The first-order valence-electron chi connectivity index (χ1n) is 21.9. The van der Waals surface area contributed by atoms with Crippen molar-refractivity contribution in [1.82, 2.24) is 40.3 Å². The number of imide groups is 2. The number of fused-ring (bicyclic) bond motifs is 4. The molecule has 6 amide bonds. The van der Waals surface area contributed by atoms with Gasteiger partial charge in [-0.25, -0.2) is 5.01 Å². The second-order valence-electron chi connectivity index (χ2n) is 16.2. The highest BCUT2D eigenvalue weighted by Gasteiger charge is 2.45. The molecular formula is C45H51ClN10O9S. The molecule has 0 saturated carbocycles. The number of aliphatic imine (C=N–C) groups is 1. The molecule has 2 unspecified atom stereocenters. The Bertz CT molecular complexity index is 2550. The van der Waals surface area contributed by atoms with Gasteiger partial charge in [0.2, 0.25) is 23.6 Å². The summed E-state index contributed by atoms with van der Waals surface area (Å²) in [5.74, 6) is -1.12. The molecule has 2 aromatic carbocycles. The van der Waals surface area contributed by atoms with Crippen LogP contribution < -0.4 is 16.1 Å². The molecule has 2 fully saturated rings. The molecule has 2 atom stereocenters. The Morgan fingerprint density at radius 1 is 0.864 bits per heavy atom. The number of anilines is 1. The Balaban J connectivity index is 0.701. The van der Waals surface area contributed by atoms with Gasteiger partial charge in [0.1, 0.15) is 22.9 Å². The molecule has 4 aliphatic rings. The minimum atomic E-state index is -1.03. The third-order valence-electron chi connectivity index (χ3n) is 11.9. The molecule has 4 aromatic rings. The predicted octanol–water partition coefficient (Wildman–Crippen LogP) is 3.32. The van der Waals surface area contributed by atoms with Crippen LogP contribution in [0, 0.1) is 20.8 Å². The first kappa shape index (κ1) is 46.6. The molecule has 0 spiro atoms. The highest BCUT2D eigenvalue weighted by Crippen LogP contribution is 2.40. The van der Waals surface area contributed by atoms with Crippen molar-refractivity contribution < 1.29 is 43.0 Å². The smallest absolute Gasteiger partial charge is 0.264 e. The lowest BCUT2D eigenvalue weighted by molar-refractivity contribution is -0.137. The van der Waals surface area contributed by atoms with Gasteiger partial charge in [0, 0.05) is 65.9 Å². The van der Waals surface area contributed by atoms with E-state index in [9.17, 15) is 28.8 Å². The largest absolute Gasteiger partial charge is 0.382 e. The quantitative estimate of drug-likeness (QED) is 0.0965. The number of amides is 6. The molecule has 3 N–H and O–H groups in total. The Labute approximate surface area is 389 Å². The molecule has 21 heteroatoms. The molecular weight excluding hydrogens is 892 g/mol. The maximum absolute atomic E-state index is 13.8. The minimum Gasteiger partial charge on any atom is -0.382 e. The molecule has 2 aromatic heterocycles. The molecule has 66 heavy (non-hydrogen) atoms. The summed E-state index contributed by atoms with van der Waals surface area (Å²) in [4.78, 5) is 85.9. The molecule has 19 nitrogen and oxygen atoms in total. The topological polar surface area (TPSA) is 219 Å². The molecule has 0 bridgehead atoms. The number of ether oxygens (including phenoxy) is 3. The number of piperazine rings is 1. The molecule has 4 aliphatic heterocycles. The van der Waals surface area contributed by atoms with E-state index in [-0.39, 0.29) is 55.2 Å².